The summed E-state index contributed by atoms with van der Waals surface area (Å²) in [4.78, 5) is 37.3. The molecule has 8 unspecified atom stereocenters. The van der Waals surface area contributed by atoms with Crippen molar-refractivity contribution in [3.8, 4) is 0 Å². The van der Waals surface area contributed by atoms with Crippen molar-refractivity contribution in [2.24, 2.45) is 46.3 Å². The van der Waals surface area contributed by atoms with Crippen molar-refractivity contribution in [2.75, 3.05) is 19.8 Å². The molecule has 8 atom stereocenters. The lowest BCUT2D eigenvalue weighted by Crippen LogP contribution is -2.51. The molecule has 4 aliphatic carbocycles. The maximum atomic E-state index is 10.0. The van der Waals surface area contributed by atoms with Crippen LogP contribution in [0.25, 0.3) is 0 Å². The number of fused-ring (bicyclic) bond motifs is 5. The predicted molar refractivity (Wildman–Crippen MR) is 161 cm³/mol. The Morgan fingerprint density at radius 1 is 0.950 bits per heavy atom. The number of hydrogen-bond donors (Lipinski definition) is 5. The van der Waals surface area contributed by atoms with Gasteiger partial charge in [-0.25, -0.2) is 0 Å². The Morgan fingerprint density at radius 3 is 2.35 bits per heavy atom. The molecule has 0 aliphatic heterocycles. The van der Waals surface area contributed by atoms with Crippen LogP contribution in [0.2, 0.25) is 0 Å². The molecule has 9 heteroatoms. The lowest BCUT2D eigenvalue weighted by molar-refractivity contribution is -0.0696. The van der Waals surface area contributed by atoms with E-state index in [2.05, 4.69) is 40.7 Å². The second-order valence-corrected chi connectivity index (χ2v) is 17.4. The van der Waals surface area contributed by atoms with Crippen LogP contribution in [-0.2, 0) is 9.47 Å². The third kappa shape index (κ3) is 6.69. The Bertz CT molecular complexity index is 859. The van der Waals surface area contributed by atoms with E-state index in [0.29, 0.717) is 12.0 Å². The molecule has 0 bridgehead atoms. The Hall–Kier alpha value is 0.320. The lowest BCUT2D eigenvalue weighted by Gasteiger charge is -2.58. The van der Waals surface area contributed by atoms with Crippen molar-refractivity contribution >= 4 is 16.8 Å². The van der Waals surface area contributed by atoms with Crippen molar-refractivity contribution in [3.63, 3.8) is 0 Å². The summed E-state index contributed by atoms with van der Waals surface area (Å²) in [6, 6.07) is 0. The highest BCUT2D eigenvalue weighted by Gasteiger charge is 2.59. The van der Waals surface area contributed by atoms with E-state index >= 15 is 0 Å². The summed E-state index contributed by atoms with van der Waals surface area (Å²) in [6.45, 7) is 12.3. The summed E-state index contributed by atoms with van der Waals surface area (Å²) in [6.07, 6.45) is 16.8. The van der Waals surface area contributed by atoms with Crippen LogP contribution in [0.4, 0.5) is 0 Å². The Labute approximate surface area is 245 Å². The first-order valence-corrected chi connectivity index (χ1v) is 18.3. The van der Waals surface area contributed by atoms with E-state index in [-0.39, 0.29) is 18.1 Å². The first-order chi connectivity index (χ1) is 18.8. The van der Waals surface area contributed by atoms with Crippen molar-refractivity contribution in [2.45, 2.75) is 116 Å². The Kier molecular flexibility index (Phi) is 11.2. The van der Waals surface area contributed by atoms with E-state index < -0.39 is 28.4 Å². The highest BCUT2D eigenvalue weighted by Crippen LogP contribution is 2.67. The maximum absolute atomic E-state index is 10.0. The van der Waals surface area contributed by atoms with Gasteiger partial charge in [0.15, 0.2) is 0 Å². The molecule has 4 rings (SSSR count). The molecule has 0 saturated heterocycles. The smallest absolute Gasteiger partial charge is 0.226 e. The van der Waals surface area contributed by atoms with Gasteiger partial charge in [-0.2, -0.15) is 0 Å². The van der Waals surface area contributed by atoms with Gasteiger partial charge in [0.1, 0.15) is 0 Å². The Balaban J connectivity index is 1.30. The van der Waals surface area contributed by atoms with Gasteiger partial charge < -0.3 is 34.2 Å². The minimum absolute atomic E-state index is 0.135. The quantitative estimate of drug-likeness (QED) is 0.0908. The van der Waals surface area contributed by atoms with Gasteiger partial charge in [-0.05, 0) is 97.7 Å². The molecule has 3 fully saturated rings. The van der Waals surface area contributed by atoms with Crippen molar-refractivity contribution in [1.29, 1.82) is 0 Å². The number of hydrogen-bond acceptors (Lipinski definition) is 7. The summed E-state index contributed by atoms with van der Waals surface area (Å²) in [7, 11) is -5.89. The molecule has 0 aromatic carbocycles. The minimum Gasteiger partial charge on any atom is -0.375 e. The molecule has 0 aromatic heterocycles. The van der Waals surface area contributed by atoms with Crippen LogP contribution in [0, 0.1) is 46.3 Å². The molecule has 40 heavy (non-hydrogen) atoms. The zero-order valence-corrected chi connectivity index (χ0v) is 27.3. The zero-order chi connectivity index (χ0) is 29.3. The van der Waals surface area contributed by atoms with Crippen LogP contribution < -0.4 is 0 Å². The van der Waals surface area contributed by atoms with Gasteiger partial charge in [0.2, 0.25) is 21.8 Å². The van der Waals surface area contributed by atoms with E-state index in [9.17, 15) is 24.7 Å². The number of ether oxygens (including phenoxy) is 2. The minimum atomic E-state index is -2.95. The molecular formula is C31H56O7P2. The van der Waals surface area contributed by atoms with Gasteiger partial charge >= 0.3 is 0 Å². The van der Waals surface area contributed by atoms with Crippen molar-refractivity contribution in [1.82, 2.24) is 0 Å². The van der Waals surface area contributed by atoms with Crippen LogP contribution in [0.5, 0.6) is 0 Å². The highest BCUT2D eigenvalue weighted by atomic mass is 31.2. The highest BCUT2D eigenvalue weighted by molar-refractivity contribution is 7.65. The average Bonchev–Trinajstić information content (AvgIpc) is 3.25. The summed E-state index contributed by atoms with van der Waals surface area (Å²) in [5.41, 5.74) is 2.36. The summed E-state index contributed by atoms with van der Waals surface area (Å²) in [5.74, 6) is 4.99. The van der Waals surface area contributed by atoms with Crippen LogP contribution >= 0.6 is 16.8 Å². The SMILES string of the molecule is CC(C)CCCC(C)C1CCC2C3CC=C4CC(OCCOCC(O)(P(O)O)P(O)O)CCC4(C)C3CCC12C. The van der Waals surface area contributed by atoms with Crippen molar-refractivity contribution in [3.05, 3.63) is 11.6 Å². The van der Waals surface area contributed by atoms with Gasteiger partial charge in [0, 0.05) is 0 Å². The Morgan fingerprint density at radius 2 is 1.68 bits per heavy atom. The molecule has 4 aliphatic rings. The molecular weight excluding hydrogens is 546 g/mol. The predicted octanol–water partition coefficient (Wildman–Crippen LogP) is 6.67. The van der Waals surface area contributed by atoms with Crippen LogP contribution in [-0.4, -0.2) is 55.7 Å². The second kappa shape index (κ2) is 13.5. The van der Waals surface area contributed by atoms with Gasteiger partial charge in [-0.3, -0.25) is 0 Å². The molecule has 0 aromatic rings. The number of allylic oxidation sites excluding steroid dienone is 1. The molecule has 7 nitrogen and oxygen atoms in total. The number of aliphatic hydroxyl groups is 1. The fraction of sp³-hybridized carbons (Fsp3) is 0.935. The van der Waals surface area contributed by atoms with E-state index in [4.69, 9.17) is 9.47 Å². The van der Waals surface area contributed by atoms with Gasteiger partial charge in [-0.1, -0.05) is 65.5 Å². The molecule has 0 heterocycles. The standard InChI is InChI=1S/C31H56O7P2/c1-21(2)7-6-8-22(3)26-11-12-27-25-10-9-23-19-24(13-15-29(23,4)28(25)14-16-30(26,27)5)38-18-17-37-20-31(32,39(33)34)40(35)36/h9,21-22,24-28,32-36H,6-8,10-20H2,1-5H3. The molecule has 0 spiro atoms. The third-order valence-corrected chi connectivity index (χ3v) is 14.4. The van der Waals surface area contributed by atoms with Crippen molar-refractivity contribution < 1.29 is 34.2 Å². The van der Waals surface area contributed by atoms with Gasteiger partial charge in [0.25, 0.3) is 0 Å². The molecule has 0 amide bonds. The van der Waals surface area contributed by atoms with Crippen LogP contribution in [0.15, 0.2) is 11.6 Å². The first kappa shape index (κ1) is 33.2. The van der Waals surface area contributed by atoms with Crippen LogP contribution in [0.3, 0.4) is 0 Å². The topological polar surface area (TPSA) is 120 Å². The lowest BCUT2D eigenvalue weighted by atomic mass is 9.47. The summed E-state index contributed by atoms with van der Waals surface area (Å²) in [5, 5.41) is 7.60. The maximum Gasteiger partial charge on any atom is 0.226 e. The van der Waals surface area contributed by atoms with Gasteiger partial charge in [-0.15, -0.1) is 0 Å². The van der Waals surface area contributed by atoms with E-state index in [1.807, 2.05) is 0 Å². The normalized spacial score (nSPS) is 36.9. The summed E-state index contributed by atoms with van der Waals surface area (Å²) < 4.78 is 11.5. The van der Waals surface area contributed by atoms with E-state index in [0.717, 1.165) is 54.8 Å². The fourth-order valence-electron chi connectivity index (χ4n) is 9.47. The summed E-state index contributed by atoms with van der Waals surface area (Å²) >= 11 is 0. The molecule has 232 valence electrons. The second-order valence-electron chi connectivity index (χ2n) is 14.4. The largest absolute Gasteiger partial charge is 0.375 e. The van der Waals surface area contributed by atoms with E-state index in [1.165, 1.54) is 51.4 Å². The third-order valence-electron chi connectivity index (χ3n) is 11.8. The average molecular weight is 603 g/mol. The molecule has 5 N–H and O–H groups in total. The van der Waals surface area contributed by atoms with E-state index in [1.54, 1.807) is 5.57 Å². The first-order valence-electron chi connectivity index (χ1n) is 15.8. The number of rotatable bonds is 13. The zero-order valence-electron chi connectivity index (χ0n) is 25.5. The fourth-order valence-corrected chi connectivity index (χ4v) is 10.5. The van der Waals surface area contributed by atoms with Gasteiger partial charge in [0.05, 0.1) is 25.9 Å². The monoisotopic (exact) mass is 602 g/mol. The molecule has 0 radical (unpaired) electrons. The molecule has 3 saturated carbocycles. The van der Waals surface area contributed by atoms with Crippen LogP contribution in [0.1, 0.15) is 105 Å².